The highest BCUT2D eigenvalue weighted by Crippen LogP contribution is 2.34. The minimum atomic E-state index is -0.552. The molecule has 1 N–H and O–H groups in total. The maximum Gasteiger partial charge on any atom is 0.282 e. The van der Waals surface area contributed by atoms with Crippen LogP contribution in [0.5, 0.6) is 11.5 Å². The van der Waals surface area contributed by atoms with E-state index in [0.29, 0.717) is 24.7 Å². The van der Waals surface area contributed by atoms with Gasteiger partial charge in [-0.15, -0.1) is 0 Å². The number of amides is 1. The van der Waals surface area contributed by atoms with Crippen LogP contribution in [0.1, 0.15) is 35.8 Å². The Labute approximate surface area is 151 Å². The molecule has 1 amide bonds. The maximum absolute atomic E-state index is 12.7. The fourth-order valence-electron chi connectivity index (χ4n) is 2.93. The van der Waals surface area contributed by atoms with Crippen molar-refractivity contribution < 1.29 is 19.2 Å². The molecular weight excluding hydrogens is 336 g/mol. The molecule has 136 valence electrons. The maximum atomic E-state index is 12.7. The minimum Gasteiger partial charge on any atom is -0.486 e. The number of fused-ring (bicyclic) bond motifs is 1. The van der Waals surface area contributed by atoms with Crippen LogP contribution in [-0.4, -0.2) is 24.0 Å². The number of nitro benzene ring substituents is 1. The number of para-hydroxylation sites is 1. The normalized spacial score (nSPS) is 14.0. The average Bonchev–Trinajstić information content (AvgIpc) is 2.65. The lowest BCUT2D eigenvalue weighted by Crippen LogP contribution is -2.32. The molecule has 7 nitrogen and oxygen atoms in total. The van der Waals surface area contributed by atoms with E-state index in [4.69, 9.17) is 9.47 Å². The van der Waals surface area contributed by atoms with Crippen molar-refractivity contribution in [2.45, 2.75) is 19.9 Å². The zero-order valence-corrected chi connectivity index (χ0v) is 14.6. The van der Waals surface area contributed by atoms with Gasteiger partial charge in [-0.2, -0.15) is 0 Å². The van der Waals surface area contributed by atoms with Crippen molar-refractivity contribution in [1.82, 2.24) is 5.32 Å². The van der Waals surface area contributed by atoms with Gasteiger partial charge in [0.1, 0.15) is 18.8 Å². The number of carbonyl (C=O) groups is 1. The molecule has 0 spiro atoms. The van der Waals surface area contributed by atoms with Gasteiger partial charge >= 0.3 is 0 Å². The van der Waals surface area contributed by atoms with Crippen molar-refractivity contribution in [3.63, 3.8) is 0 Å². The number of nitrogens with zero attached hydrogens (tertiary/aromatic N) is 1. The van der Waals surface area contributed by atoms with Gasteiger partial charge in [-0.05, 0) is 29.7 Å². The molecule has 2 aromatic rings. The predicted molar refractivity (Wildman–Crippen MR) is 95.6 cm³/mol. The third kappa shape index (κ3) is 3.61. The Bertz CT molecular complexity index is 834. The molecule has 1 aliphatic rings. The lowest BCUT2D eigenvalue weighted by Gasteiger charge is -2.25. The molecule has 3 rings (SSSR count). The first kappa shape index (κ1) is 17.7. The summed E-state index contributed by atoms with van der Waals surface area (Å²) in [7, 11) is 0. The van der Waals surface area contributed by atoms with Crippen LogP contribution in [0.4, 0.5) is 5.69 Å². The summed E-state index contributed by atoms with van der Waals surface area (Å²) in [5.41, 5.74) is 0.687. The topological polar surface area (TPSA) is 90.7 Å². The van der Waals surface area contributed by atoms with Gasteiger partial charge in [0.2, 0.25) is 0 Å². The Balaban J connectivity index is 1.88. The van der Waals surface area contributed by atoms with Crippen LogP contribution in [0, 0.1) is 16.0 Å². The molecule has 26 heavy (non-hydrogen) atoms. The molecule has 1 atom stereocenters. The molecule has 0 aromatic heterocycles. The summed E-state index contributed by atoms with van der Waals surface area (Å²) < 4.78 is 11.1. The molecule has 0 bridgehead atoms. The van der Waals surface area contributed by atoms with Gasteiger partial charge in [-0.25, -0.2) is 0 Å². The summed E-state index contributed by atoms with van der Waals surface area (Å²) in [6.45, 7) is 4.93. The zero-order valence-electron chi connectivity index (χ0n) is 14.6. The van der Waals surface area contributed by atoms with E-state index in [-0.39, 0.29) is 23.2 Å². The van der Waals surface area contributed by atoms with Crippen LogP contribution in [-0.2, 0) is 0 Å². The first-order valence-corrected chi connectivity index (χ1v) is 8.41. The zero-order chi connectivity index (χ0) is 18.7. The third-order valence-electron chi connectivity index (χ3n) is 4.22. The summed E-state index contributed by atoms with van der Waals surface area (Å²) >= 11 is 0. The molecule has 0 saturated carbocycles. The van der Waals surface area contributed by atoms with Gasteiger partial charge in [0, 0.05) is 6.07 Å². The molecule has 0 radical (unpaired) electrons. The Kier molecular flexibility index (Phi) is 5.06. The second-order valence-electron chi connectivity index (χ2n) is 6.37. The Hall–Kier alpha value is -3.09. The van der Waals surface area contributed by atoms with Crippen LogP contribution < -0.4 is 14.8 Å². The van der Waals surface area contributed by atoms with Gasteiger partial charge < -0.3 is 14.8 Å². The Morgan fingerprint density at radius 3 is 2.50 bits per heavy atom. The predicted octanol–water partition coefficient (Wildman–Crippen LogP) is 3.49. The smallest absolute Gasteiger partial charge is 0.282 e. The summed E-state index contributed by atoms with van der Waals surface area (Å²) in [5, 5.41) is 14.1. The second-order valence-corrected chi connectivity index (χ2v) is 6.37. The van der Waals surface area contributed by atoms with E-state index in [1.807, 2.05) is 32.0 Å². The van der Waals surface area contributed by atoms with Crippen LogP contribution >= 0.6 is 0 Å². The molecule has 0 saturated heterocycles. The van der Waals surface area contributed by atoms with E-state index in [9.17, 15) is 14.9 Å². The largest absolute Gasteiger partial charge is 0.486 e. The summed E-state index contributed by atoms with van der Waals surface area (Å²) in [5.74, 6) is 0.905. The average molecular weight is 356 g/mol. The number of benzene rings is 2. The highest BCUT2D eigenvalue weighted by Gasteiger charge is 2.25. The molecule has 7 heteroatoms. The third-order valence-corrected chi connectivity index (χ3v) is 4.22. The van der Waals surface area contributed by atoms with Crippen molar-refractivity contribution in [1.29, 1.82) is 0 Å². The van der Waals surface area contributed by atoms with Crippen molar-refractivity contribution in [3.05, 3.63) is 63.7 Å². The van der Waals surface area contributed by atoms with E-state index < -0.39 is 10.8 Å². The molecule has 2 aromatic carbocycles. The number of hydrogen-bond donors (Lipinski definition) is 1. The minimum absolute atomic E-state index is 0.0423. The highest BCUT2D eigenvalue weighted by atomic mass is 16.6. The molecule has 0 aliphatic carbocycles. The van der Waals surface area contributed by atoms with Crippen molar-refractivity contribution in [2.75, 3.05) is 13.2 Å². The Morgan fingerprint density at radius 1 is 1.12 bits per heavy atom. The number of carbonyl (C=O) groups excluding carboxylic acids is 1. The van der Waals surface area contributed by atoms with Crippen molar-refractivity contribution in [2.24, 2.45) is 5.92 Å². The lowest BCUT2D eigenvalue weighted by molar-refractivity contribution is -0.385. The van der Waals surface area contributed by atoms with E-state index in [1.54, 1.807) is 6.07 Å². The summed E-state index contributed by atoms with van der Waals surface area (Å²) in [6, 6.07) is 11.1. The number of nitrogens with one attached hydrogen (secondary N) is 1. The van der Waals surface area contributed by atoms with E-state index in [2.05, 4.69) is 5.32 Å². The quantitative estimate of drug-likeness (QED) is 0.654. The SMILES string of the molecule is CC(C)C(NC(=O)c1ccccc1[N+](=O)[O-])c1ccc2c(c1)OCCO2. The lowest BCUT2D eigenvalue weighted by atomic mass is 9.95. The first-order valence-electron chi connectivity index (χ1n) is 8.41. The molecular formula is C19H20N2O5. The highest BCUT2D eigenvalue weighted by molar-refractivity contribution is 5.98. The monoisotopic (exact) mass is 356 g/mol. The summed E-state index contributed by atoms with van der Waals surface area (Å²) in [6.07, 6.45) is 0. The van der Waals surface area contributed by atoms with Gasteiger partial charge in [0.15, 0.2) is 11.5 Å². The number of ether oxygens (including phenoxy) is 2. The van der Waals surface area contributed by atoms with Crippen LogP contribution in [0.25, 0.3) is 0 Å². The van der Waals surface area contributed by atoms with E-state index in [0.717, 1.165) is 5.56 Å². The van der Waals surface area contributed by atoms with Gasteiger partial charge in [-0.1, -0.05) is 32.0 Å². The fraction of sp³-hybridized carbons (Fsp3) is 0.316. The number of rotatable bonds is 5. The van der Waals surface area contributed by atoms with E-state index >= 15 is 0 Å². The number of nitro groups is 1. The molecule has 1 aliphatic heterocycles. The van der Waals surface area contributed by atoms with Gasteiger partial charge in [-0.3, -0.25) is 14.9 Å². The second kappa shape index (κ2) is 7.43. The molecule has 0 fully saturated rings. The Morgan fingerprint density at radius 2 is 1.81 bits per heavy atom. The standard InChI is InChI=1S/C19H20N2O5/c1-12(2)18(13-7-8-16-17(11-13)26-10-9-25-16)20-19(22)14-5-3-4-6-15(14)21(23)24/h3-8,11-12,18H,9-10H2,1-2H3,(H,20,22). The number of hydrogen-bond acceptors (Lipinski definition) is 5. The van der Waals surface area contributed by atoms with Crippen molar-refractivity contribution in [3.8, 4) is 11.5 Å². The molecule has 1 unspecified atom stereocenters. The first-order chi connectivity index (χ1) is 12.5. The molecule has 1 heterocycles. The fourth-order valence-corrected chi connectivity index (χ4v) is 2.93. The van der Waals surface area contributed by atoms with E-state index in [1.165, 1.54) is 18.2 Å². The van der Waals surface area contributed by atoms with Crippen LogP contribution in [0.15, 0.2) is 42.5 Å². The van der Waals surface area contributed by atoms with Crippen LogP contribution in [0.2, 0.25) is 0 Å². The van der Waals surface area contributed by atoms with Gasteiger partial charge in [0.25, 0.3) is 11.6 Å². The van der Waals surface area contributed by atoms with Crippen molar-refractivity contribution >= 4 is 11.6 Å². The van der Waals surface area contributed by atoms with Crippen LogP contribution in [0.3, 0.4) is 0 Å². The van der Waals surface area contributed by atoms with Gasteiger partial charge in [0.05, 0.1) is 11.0 Å². The summed E-state index contributed by atoms with van der Waals surface area (Å²) in [4.78, 5) is 23.3.